The lowest BCUT2D eigenvalue weighted by Crippen LogP contribution is -2.12. The average molecular weight is 268 g/mol. The maximum Gasteiger partial charge on any atom is 0.242 e. The zero-order valence-corrected chi connectivity index (χ0v) is 9.47. The number of nitrogens with two attached hydrogens (primary N) is 1. The summed E-state index contributed by atoms with van der Waals surface area (Å²) in [6, 6.07) is 0. The number of hydrogen-bond acceptors (Lipinski definition) is 3. The first-order chi connectivity index (χ1) is 5.96. The van der Waals surface area contributed by atoms with Crippen molar-refractivity contribution in [3.05, 3.63) is 10.8 Å². The van der Waals surface area contributed by atoms with E-state index in [1.54, 1.807) is 4.68 Å². The Balaban J connectivity index is 3.14. The summed E-state index contributed by atoms with van der Waals surface area (Å²) in [7, 11) is -3.66. The summed E-state index contributed by atoms with van der Waals surface area (Å²) in [6.45, 7) is 2.64. The van der Waals surface area contributed by atoms with Crippen LogP contribution in [0, 0.1) is 0 Å². The third kappa shape index (κ3) is 2.29. The average Bonchev–Trinajstić information content (AvgIpc) is 2.32. The monoisotopic (exact) mass is 267 g/mol. The van der Waals surface area contributed by atoms with Gasteiger partial charge in [-0.05, 0) is 22.4 Å². The van der Waals surface area contributed by atoms with Gasteiger partial charge in [0.2, 0.25) is 10.0 Å². The second-order valence-electron chi connectivity index (χ2n) is 2.57. The molecule has 0 atom stereocenters. The van der Waals surface area contributed by atoms with Crippen LogP contribution < -0.4 is 5.14 Å². The summed E-state index contributed by atoms with van der Waals surface area (Å²) in [4.78, 5) is 0.0287. The van der Waals surface area contributed by atoms with Gasteiger partial charge >= 0.3 is 0 Å². The molecule has 0 radical (unpaired) electrons. The summed E-state index contributed by atoms with van der Waals surface area (Å²) in [5.74, 6) is 0. The van der Waals surface area contributed by atoms with Crippen molar-refractivity contribution in [1.29, 1.82) is 0 Å². The van der Waals surface area contributed by atoms with Crippen LogP contribution in [0.5, 0.6) is 0 Å². The van der Waals surface area contributed by atoms with Crippen molar-refractivity contribution in [2.45, 2.75) is 24.8 Å². The highest BCUT2D eigenvalue weighted by atomic mass is 79.9. The van der Waals surface area contributed by atoms with E-state index in [2.05, 4.69) is 21.0 Å². The molecule has 2 N–H and O–H groups in total. The van der Waals surface area contributed by atoms with Gasteiger partial charge in [0.1, 0.15) is 9.50 Å². The molecule has 13 heavy (non-hydrogen) atoms. The van der Waals surface area contributed by atoms with Gasteiger partial charge in [0.15, 0.2) is 0 Å². The number of rotatable bonds is 3. The van der Waals surface area contributed by atoms with Gasteiger partial charge < -0.3 is 0 Å². The smallest absolute Gasteiger partial charge is 0.242 e. The molecule has 5 nitrogen and oxygen atoms in total. The van der Waals surface area contributed by atoms with Gasteiger partial charge in [-0.3, -0.25) is 4.68 Å². The quantitative estimate of drug-likeness (QED) is 0.876. The molecule has 1 aromatic rings. The number of halogens is 1. The zero-order valence-electron chi connectivity index (χ0n) is 7.07. The van der Waals surface area contributed by atoms with Gasteiger partial charge in [0.05, 0.1) is 6.20 Å². The number of nitrogens with zero attached hydrogens (tertiary/aromatic N) is 2. The van der Waals surface area contributed by atoms with Crippen LogP contribution >= 0.6 is 15.9 Å². The second-order valence-corrected chi connectivity index (χ2v) is 4.85. The van der Waals surface area contributed by atoms with Crippen molar-refractivity contribution in [3.63, 3.8) is 0 Å². The Morgan fingerprint density at radius 3 is 2.69 bits per heavy atom. The molecular weight excluding hydrogens is 258 g/mol. The van der Waals surface area contributed by atoms with Crippen molar-refractivity contribution in [3.8, 4) is 0 Å². The topological polar surface area (TPSA) is 78.0 Å². The number of aryl methyl sites for hydroxylation is 1. The van der Waals surface area contributed by atoms with E-state index in [1.807, 2.05) is 6.92 Å². The first-order valence-corrected chi connectivity index (χ1v) is 6.05. The Morgan fingerprint density at radius 2 is 2.31 bits per heavy atom. The highest BCUT2D eigenvalue weighted by Crippen LogP contribution is 2.20. The van der Waals surface area contributed by atoms with E-state index in [0.29, 0.717) is 11.1 Å². The highest BCUT2D eigenvalue weighted by molar-refractivity contribution is 9.10. The normalized spacial score (nSPS) is 11.9. The molecule has 0 bridgehead atoms. The standard InChI is InChI=1S/C6H10BrN3O2S/c1-2-3-10-6(7)5(4-9-10)13(8,11)12/h4H,2-3H2,1H3,(H2,8,11,12). The zero-order chi connectivity index (χ0) is 10.1. The number of primary sulfonamides is 1. The summed E-state index contributed by atoms with van der Waals surface area (Å²) < 4.78 is 23.9. The Labute approximate surface area is 85.1 Å². The van der Waals surface area contributed by atoms with Gasteiger partial charge in [0, 0.05) is 6.54 Å². The Kier molecular flexibility index (Phi) is 3.09. The summed E-state index contributed by atoms with van der Waals surface area (Å²) in [6.07, 6.45) is 2.12. The fourth-order valence-electron chi connectivity index (χ4n) is 0.912. The molecule has 0 unspecified atom stereocenters. The molecule has 0 aliphatic carbocycles. The van der Waals surface area contributed by atoms with Crippen LogP contribution in [0.2, 0.25) is 0 Å². The van der Waals surface area contributed by atoms with Crippen molar-refractivity contribution in [2.24, 2.45) is 5.14 Å². The van der Waals surface area contributed by atoms with Crippen LogP contribution in [0.15, 0.2) is 15.7 Å². The molecule has 0 spiro atoms. The van der Waals surface area contributed by atoms with Crippen molar-refractivity contribution in [2.75, 3.05) is 0 Å². The minimum atomic E-state index is -3.66. The Hall–Kier alpha value is -0.400. The summed E-state index contributed by atoms with van der Waals surface area (Å²) >= 11 is 3.13. The van der Waals surface area contributed by atoms with Crippen LogP contribution in [0.1, 0.15) is 13.3 Å². The SMILES string of the molecule is CCCn1ncc(S(N)(=O)=O)c1Br. The molecule has 0 amide bonds. The van der Waals surface area contributed by atoms with Crippen LogP contribution in [-0.2, 0) is 16.6 Å². The van der Waals surface area contributed by atoms with E-state index in [4.69, 9.17) is 5.14 Å². The van der Waals surface area contributed by atoms with E-state index < -0.39 is 10.0 Å². The molecule has 7 heteroatoms. The first kappa shape index (κ1) is 10.7. The Morgan fingerprint density at radius 1 is 1.69 bits per heavy atom. The van der Waals surface area contributed by atoms with Gasteiger partial charge in [-0.2, -0.15) is 5.10 Å². The van der Waals surface area contributed by atoms with E-state index in [1.165, 1.54) is 6.20 Å². The van der Waals surface area contributed by atoms with Gasteiger partial charge in [-0.1, -0.05) is 6.92 Å². The minimum Gasteiger partial charge on any atom is -0.257 e. The first-order valence-electron chi connectivity index (χ1n) is 3.71. The summed E-state index contributed by atoms with van der Waals surface area (Å²) in [5, 5.41) is 8.84. The molecule has 0 saturated carbocycles. The lowest BCUT2D eigenvalue weighted by atomic mass is 10.5. The van der Waals surface area contributed by atoms with Gasteiger partial charge in [-0.25, -0.2) is 13.6 Å². The van der Waals surface area contributed by atoms with Crippen molar-refractivity contribution < 1.29 is 8.42 Å². The van der Waals surface area contributed by atoms with Crippen LogP contribution in [0.4, 0.5) is 0 Å². The molecular formula is C6H10BrN3O2S. The molecule has 0 aromatic carbocycles. The van der Waals surface area contributed by atoms with Gasteiger partial charge in [0.25, 0.3) is 0 Å². The number of hydrogen-bond donors (Lipinski definition) is 1. The fraction of sp³-hybridized carbons (Fsp3) is 0.500. The molecule has 1 rings (SSSR count). The maximum atomic E-state index is 11.0. The molecule has 1 aromatic heterocycles. The second kappa shape index (κ2) is 3.77. The number of sulfonamides is 1. The van der Waals surface area contributed by atoms with E-state index in [-0.39, 0.29) is 4.90 Å². The van der Waals surface area contributed by atoms with Crippen LogP contribution in [-0.4, -0.2) is 18.2 Å². The minimum absolute atomic E-state index is 0.0287. The molecule has 74 valence electrons. The predicted molar refractivity (Wildman–Crippen MR) is 51.6 cm³/mol. The van der Waals surface area contributed by atoms with Crippen LogP contribution in [0.25, 0.3) is 0 Å². The van der Waals surface area contributed by atoms with E-state index in [9.17, 15) is 8.42 Å². The molecule has 0 fully saturated rings. The van der Waals surface area contributed by atoms with Gasteiger partial charge in [-0.15, -0.1) is 0 Å². The predicted octanol–water partition coefficient (Wildman–Crippen LogP) is 0.703. The molecule has 0 aliphatic rings. The largest absolute Gasteiger partial charge is 0.257 e. The third-order valence-corrected chi connectivity index (χ3v) is 3.50. The molecule has 0 saturated heterocycles. The van der Waals surface area contributed by atoms with Crippen molar-refractivity contribution in [1.82, 2.24) is 9.78 Å². The van der Waals surface area contributed by atoms with Crippen LogP contribution in [0.3, 0.4) is 0 Å². The molecule has 0 aliphatic heterocycles. The lowest BCUT2D eigenvalue weighted by molar-refractivity contribution is 0.584. The number of aromatic nitrogens is 2. The Bertz CT molecular complexity index is 398. The van der Waals surface area contributed by atoms with Crippen molar-refractivity contribution >= 4 is 26.0 Å². The van der Waals surface area contributed by atoms with E-state index >= 15 is 0 Å². The summed E-state index contributed by atoms with van der Waals surface area (Å²) in [5.41, 5.74) is 0. The lowest BCUT2D eigenvalue weighted by Gasteiger charge is -1.99. The third-order valence-electron chi connectivity index (χ3n) is 1.49. The maximum absolute atomic E-state index is 11.0. The molecule has 1 heterocycles. The fourth-order valence-corrected chi connectivity index (χ4v) is 2.49. The highest BCUT2D eigenvalue weighted by Gasteiger charge is 2.16. The van der Waals surface area contributed by atoms with E-state index in [0.717, 1.165) is 6.42 Å².